The Hall–Kier alpha value is -1.48. The lowest BCUT2D eigenvalue weighted by molar-refractivity contribution is 0.330. The van der Waals surface area contributed by atoms with Gasteiger partial charge in [-0.2, -0.15) is 0 Å². The van der Waals surface area contributed by atoms with E-state index < -0.39 is 9.05 Å². The molecule has 104 valence electrons. The third kappa shape index (κ3) is 3.15. The van der Waals surface area contributed by atoms with Crippen LogP contribution in [0.4, 0.5) is 0 Å². The summed E-state index contributed by atoms with van der Waals surface area (Å²) < 4.78 is 28.6. The molecule has 0 aliphatic carbocycles. The molecule has 1 aromatic carbocycles. The predicted molar refractivity (Wildman–Crippen MR) is 78.7 cm³/mol. The van der Waals surface area contributed by atoms with E-state index in [0.29, 0.717) is 29.7 Å². The van der Waals surface area contributed by atoms with Crippen LogP contribution in [0.15, 0.2) is 29.2 Å². The predicted octanol–water partition coefficient (Wildman–Crippen LogP) is 3.22. The Bertz CT molecular complexity index is 797. The van der Waals surface area contributed by atoms with E-state index in [9.17, 15) is 8.42 Å². The van der Waals surface area contributed by atoms with Crippen LogP contribution in [0.5, 0.6) is 5.75 Å². The first-order valence-corrected chi connectivity index (χ1v) is 8.22. The van der Waals surface area contributed by atoms with E-state index in [-0.39, 0.29) is 10.0 Å². The molecular formula is C13H9Cl2NO3S. The average molecular weight is 330 g/mol. The van der Waals surface area contributed by atoms with Crippen LogP contribution in [0.2, 0.25) is 5.15 Å². The van der Waals surface area contributed by atoms with Crippen molar-refractivity contribution in [3.8, 4) is 18.1 Å². The molecule has 1 aromatic heterocycles. The van der Waals surface area contributed by atoms with Crippen molar-refractivity contribution in [1.29, 1.82) is 0 Å². The molecule has 0 aliphatic rings. The van der Waals surface area contributed by atoms with Crippen LogP contribution < -0.4 is 4.74 Å². The van der Waals surface area contributed by atoms with Crippen LogP contribution in [-0.4, -0.2) is 20.0 Å². The molecule has 0 radical (unpaired) electrons. The molecule has 1 heterocycles. The molecule has 0 spiro atoms. The minimum Gasteiger partial charge on any atom is -0.490 e. The number of rotatable bonds is 4. The van der Waals surface area contributed by atoms with Gasteiger partial charge in [0.1, 0.15) is 16.4 Å². The SMILES string of the molecule is C#CCCOc1ccc(S(=O)(=O)Cl)c2ccc(Cl)nc12. The Morgan fingerprint density at radius 1 is 1.30 bits per heavy atom. The number of ether oxygens (including phenoxy) is 1. The Kier molecular flexibility index (Phi) is 4.39. The number of pyridine rings is 1. The van der Waals surface area contributed by atoms with Gasteiger partial charge >= 0.3 is 0 Å². The number of aromatic nitrogens is 1. The van der Waals surface area contributed by atoms with Crippen molar-refractivity contribution >= 4 is 42.2 Å². The molecule has 20 heavy (non-hydrogen) atoms. The molecule has 0 N–H and O–H groups in total. The standard InChI is InChI=1S/C13H9Cl2NO3S/c1-2-3-8-19-10-5-6-11(20(15,17)18)9-4-7-12(14)16-13(9)10/h1,4-7H,3,8H2. The fourth-order valence-electron chi connectivity index (χ4n) is 1.69. The van der Waals surface area contributed by atoms with E-state index in [1.807, 2.05) is 0 Å². The van der Waals surface area contributed by atoms with Crippen molar-refractivity contribution in [2.75, 3.05) is 6.61 Å². The van der Waals surface area contributed by atoms with E-state index in [0.717, 1.165) is 0 Å². The molecule has 2 aromatic rings. The monoisotopic (exact) mass is 329 g/mol. The zero-order valence-electron chi connectivity index (χ0n) is 10.1. The largest absolute Gasteiger partial charge is 0.490 e. The first kappa shape index (κ1) is 14.9. The Labute approximate surface area is 126 Å². The molecule has 0 aliphatic heterocycles. The Morgan fingerprint density at radius 3 is 2.70 bits per heavy atom. The third-order valence-corrected chi connectivity index (χ3v) is 4.10. The van der Waals surface area contributed by atoms with Crippen LogP contribution in [0, 0.1) is 12.3 Å². The number of terminal acetylenes is 1. The number of halogens is 2. The van der Waals surface area contributed by atoms with Gasteiger partial charge in [-0.15, -0.1) is 12.3 Å². The number of hydrogen-bond donors (Lipinski definition) is 0. The second kappa shape index (κ2) is 5.88. The van der Waals surface area contributed by atoms with Gasteiger partial charge < -0.3 is 4.74 Å². The zero-order chi connectivity index (χ0) is 14.8. The van der Waals surface area contributed by atoms with Crippen molar-refractivity contribution in [2.45, 2.75) is 11.3 Å². The molecule has 4 nitrogen and oxygen atoms in total. The molecule has 0 amide bonds. The highest BCUT2D eigenvalue weighted by atomic mass is 35.7. The van der Waals surface area contributed by atoms with Crippen molar-refractivity contribution in [3.05, 3.63) is 29.4 Å². The van der Waals surface area contributed by atoms with E-state index in [1.165, 1.54) is 24.3 Å². The van der Waals surface area contributed by atoms with Crippen molar-refractivity contribution in [3.63, 3.8) is 0 Å². The zero-order valence-corrected chi connectivity index (χ0v) is 12.5. The summed E-state index contributed by atoms with van der Waals surface area (Å²) in [6.45, 7) is 0.298. The topological polar surface area (TPSA) is 56.3 Å². The number of nitrogens with zero attached hydrogens (tertiary/aromatic N) is 1. The third-order valence-electron chi connectivity index (χ3n) is 2.51. The van der Waals surface area contributed by atoms with Gasteiger partial charge in [0.05, 0.1) is 11.5 Å². The molecule has 7 heteroatoms. The van der Waals surface area contributed by atoms with Crippen molar-refractivity contribution < 1.29 is 13.2 Å². The normalized spacial score (nSPS) is 11.2. The number of benzene rings is 1. The van der Waals surface area contributed by atoms with Gasteiger partial charge in [-0.1, -0.05) is 11.6 Å². The van der Waals surface area contributed by atoms with Gasteiger partial charge in [0, 0.05) is 22.5 Å². The molecule has 0 bridgehead atoms. The maximum atomic E-state index is 11.5. The van der Waals surface area contributed by atoms with Crippen LogP contribution >= 0.6 is 22.3 Å². The summed E-state index contributed by atoms with van der Waals surface area (Å²) in [4.78, 5) is 4.05. The lowest BCUT2D eigenvalue weighted by Gasteiger charge is -2.10. The van der Waals surface area contributed by atoms with Gasteiger partial charge in [-0.25, -0.2) is 13.4 Å². The molecule has 0 atom stereocenters. The van der Waals surface area contributed by atoms with Crippen molar-refractivity contribution in [1.82, 2.24) is 4.98 Å². The van der Waals surface area contributed by atoms with Crippen LogP contribution in [0.3, 0.4) is 0 Å². The fraction of sp³-hybridized carbons (Fsp3) is 0.154. The molecule has 0 saturated carbocycles. The van der Waals surface area contributed by atoms with Gasteiger partial charge in [-0.05, 0) is 24.3 Å². The summed E-state index contributed by atoms with van der Waals surface area (Å²) in [5.74, 6) is 2.85. The molecule has 2 rings (SSSR count). The molecular weight excluding hydrogens is 321 g/mol. The van der Waals surface area contributed by atoms with Gasteiger partial charge in [0.15, 0.2) is 0 Å². The van der Waals surface area contributed by atoms with Crippen LogP contribution in [0.1, 0.15) is 6.42 Å². The minimum atomic E-state index is -3.88. The van der Waals surface area contributed by atoms with Crippen LogP contribution in [-0.2, 0) is 9.05 Å². The first-order chi connectivity index (χ1) is 9.43. The maximum Gasteiger partial charge on any atom is 0.261 e. The number of fused-ring (bicyclic) bond motifs is 1. The molecule has 0 unspecified atom stereocenters. The van der Waals surface area contributed by atoms with Gasteiger partial charge in [0.2, 0.25) is 0 Å². The lowest BCUT2D eigenvalue weighted by atomic mass is 10.2. The first-order valence-electron chi connectivity index (χ1n) is 5.53. The van der Waals surface area contributed by atoms with Gasteiger partial charge in [-0.3, -0.25) is 0 Å². The molecule has 0 saturated heterocycles. The minimum absolute atomic E-state index is 0.0392. The summed E-state index contributed by atoms with van der Waals surface area (Å²) in [5, 5.41) is 0.575. The summed E-state index contributed by atoms with van der Waals surface area (Å²) in [5.41, 5.74) is 0.330. The summed E-state index contributed by atoms with van der Waals surface area (Å²) in [6, 6.07) is 5.87. The number of hydrogen-bond acceptors (Lipinski definition) is 4. The smallest absolute Gasteiger partial charge is 0.261 e. The Morgan fingerprint density at radius 2 is 2.05 bits per heavy atom. The molecule has 0 fully saturated rings. The fourth-order valence-corrected chi connectivity index (χ4v) is 2.90. The van der Waals surface area contributed by atoms with Crippen LogP contribution in [0.25, 0.3) is 10.9 Å². The Balaban J connectivity index is 2.62. The quantitative estimate of drug-likeness (QED) is 0.374. The van der Waals surface area contributed by atoms with E-state index in [2.05, 4.69) is 10.9 Å². The highest BCUT2D eigenvalue weighted by Gasteiger charge is 2.17. The van der Waals surface area contributed by atoms with Gasteiger partial charge in [0.25, 0.3) is 9.05 Å². The lowest BCUT2D eigenvalue weighted by Crippen LogP contribution is -2.00. The average Bonchev–Trinajstić information content (AvgIpc) is 2.37. The maximum absolute atomic E-state index is 11.5. The second-order valence-corrected chi connectivity index (χ2v) is 6.75. The summed E-state index contributed by atoms with van der Waals surface area (Å²) in [7, 11) is 1.52. The summed E-state index contributed by atoms with van der Waals surface area (Å²) in [6.07, 6.45) is 5.58. The van der Waals surface area contributed by atoms with E-state index in [1.54, 1.807) is 0 Å². The highest BCUT2D eigenvalue weighted by Crippen LogP contribution is 2.32. The second-order valence-electron chi connectivity index (χ2n) is 3.83. The summed E-state index contributed by atoms with van der Waals surface area (Å²) >= 11 is 5.84. The van der Waals surface area contributed by atoms with Crippen molar-refractivity contribution in [2.24, 2.45) is 0 Å². The van der Waals surface area contributed by atoms with E-state index >= 15 is 0 Å². The highest BCUT2D eigenvalue weighted by molar-refractivity contribution is 8.14. The van der Waals surface area contributed by atoms with E-state index in [4.69, 9.17) is 33.4 Å².